The Morgan fingerprint density at radius 1 is 0.792 bits per heavy atom. The molecule has 0 aliphatic carbocycles. The molecule has 1 aliphatic rings. The molecule has 240 valence electrons. The highest BCUT2D eigenvalue weighted by Crippen LogP contribution is 2.33. The molecule has 7 aromatic rings. The Morgan fingerprint density at radius 3 is 2.54 bits per heavy atom. The number of aromatic amines is 2. The molecule has 3 N–H and O–H groups in total. The summed E-state index contributed by atoms with van der Waals surface area (Å²) in [5, 5.41) is 11.1. The van der Waals surface area contributed by atoms with E-state index in [1.54, 1.807) is 12.4 Å². The van der Waals surface area contributed by atoms with Crippen LogP contribution >= 0.6 is 0 Å². The molecule has 5 aromatic heterocycles. The average Bonchev–Trinajstić information content (AvgIpc) is 3.88. The number of nitrogens with zero attached hydrogens (tertiary/aromatic N) is 6. The predicted molar refractivity (Wildman–Crippen MR) is 184 cm³/mol. The quantitative estimate of drug-likeness (QED) is 0.146. The van der Waals surface area contributed by atoms with E-state index < -0.39 is 0 Å². The first-order chi connectivity index (χ1) is 23.7. The second-order valence-electron chi connectivity index (χ2n) is 12.1. The molecule has 8 rings (SSSR count). The molecule has 0 bridgehead atoms. The second kappa shape index (κ2) is 13.3. The van der Waals surface area contributed by atoms with E-state index in [1.807, 2.05) is 48.8 Å². The lowest BCUT2D eigenvalue weighted by Gasteiger charge is -2.15. The molecule has 1 aliphatic heterocycles. The van der Waals surface area contributed by atoms with E-state index in [9.17, 15) is 4.39 Å². The highest BCUT2D eigenvalue weighted by Gasteiger charge is 2.18. The number of H-pyrrole nitrogens is 2. The van der Waals surface area contributed by atoms with E-state index in [2.05, 4.69) is 53.6 Å². The lowest BCUT2D eigenvalue weighted by atomic mass is 10.1. The summed E-state index contributed by atoms with van der Waals surface area (Å²) in [6, 6.07) is 21.1. The van der Waals surface area contributed by atoms with Crippen molar-refractivity contribution in [1.82, 2.24) is 45.3 Å². The number of imidazole rings is 1. The lowest BCUT2D eigenvalue weighted by Crippen LogP contribution is -2.25. The standard InChI is InChI=1S/C37H34FN9O/c38-28-15-26(16-29(17-28)48-13-12-47-10-4-5-11-47)30-22-41-23-33-34(30)44-37(43-33)36-35-32(45-46-36)9-8-31(42-35)27-14-25(20-40-21-27)19-39-18-24-6-2-1-3-7-24/h1-3,6-9,14-17,20-23,39H,4-5,10-13,18-19H2,(H,43,44)(H,45,46). The summed E-state index contributed by atoms with van der Waals surface area (Å²) >= 11 is 0. The molecule has 0 spiro atoms. The molecule has 0 saturated carbocycles. The van der Waals surface area contributed by atoms with E-state index >= 15 is 0 Å². The number of fused-ring (bicyclic) bond motifs is 2. The van der Waals surface area contributed by atoms with Crippen LogP contribution in [0.1, 0.15) is 24.0 Å². The number of nitrogens with one attached hydrogen (secondary N) is 3. The number of ether oxygens (including phenoxy) is 1. The summed E-state index contributed by atoms with van der Waals surface area (Å²) < 4.78 is 20.8. The smallest absolute Gasteiger partial charge is 0.161 e. The Bertz CT molecular complexity index is 2190. The fraction of sp³-hybridized carbons (Fsp3) is 0.216. The highest BCUT2D eigenvalue weighted by molar-refractivity contribution is 5.96. The van der Waals surface area contributed by atoms with Crippen molar-refractivity contribution in [2.75, 3.05) is 26.2 Å². The van der Waals surface area contributed by atoms with Crippen LogP contribution in [-0.4, -0.2) is 66.3 Å². The fourth-order valence-corrected chi connectivity index (χ4v) is 6.25. The molecule has 2 aromatic carbocycles. The number of pyridine rings is 3. The van der Waals surface area contributed by atoms with Gasteiger partial charge in [-0.15, -0.1) is 0 Å². The van der Waals surface area contributed by atoms with Crippen LogP contribution in [0.25, 0.3) is 56.0 Å². The van der Waals surface area contributed by atoms with E-state index in [0.29, 0.717) is 58.1 Å². The van der Waals surface area contributed by atoms with Gasteiger partial charge >= 0.3 is 0 Å². The predicted octanol–water partition coefficient (Wildman–Crippen LogP) is 6.53. The molecule has 10 nitrogen and oxygen atoms in total. The summed E-state index contributed by atoms with van der Waals surface area (Å²) in [7, 11) is 0. The molecule has 1 saturated heterocycles. The summed E-state index contributed by atoms with van der Waals surface area (Å²) in [6.45, 7) is 4.97. The zero-order valence-electron chi connectivity index (χ0n) is 26.3. The summed E-state index contributed by atoms with van der Waals surface area (Å²) in [5.74, 6) is 0.639. The van der Waals surface area contributed by atoms with E-state index in [4.69, 9.17) is 14.7 Å². The Hall–Kier alpha value is -5.52. The van der Waals surface area contributed by atoms with Crippen molar-refractivity contribution in [2.45, 2.75) is 25.9 Å². The molecule has 0 amide bonds. The Labute approximate surface area is 276 Å². The third-order valence-electron chi connectivity index (χ3n) is 8.68. The van der Waals surface area contributed by atoms with Gasteiger partial charge < -0.3 is 15.0 Å². The van der Waals surface area contributed by atoms with Crippen molar-refractivity contribution in [3.8, 4) is 39.7 Å². The first kappa shape index (κ1) is 29.9. The van der Waals surface area contributed by atoms with Crippen molar-refractivity contribution in [3.63, 3.8) is 0 Å². The first-order valence-electron chi connectivity index (χ1n) is 16.2. The normalized spacial score (nSPS) is 13.5. The minimum absolute atomic E-state index is 0.378. The summed E-state index contributed by atoms with van der Waals surface area (Å²) in [6.07, 6.45) is 9.53. The monoisotopic (exact) mass is 639 g/mol. The third-order valence-corrected chi connectivity index (χ3v) is 8.68. The number of aromatic nitrogens is 7. The van der Waals surface area contributed by atoms with Crippen molar-refractivity contribution in [1.29, 1.82) is 0 Å². The van der Waals surface area contributed by atoms with Crippen LogP contribution < -0.4 is 10.1 Å². The number of halogens is 1. The van der Waals surface area contributed by atoms with Gasteiger partial charge in [0, 0.05) is 55.4 Å². The SMILES string of the molecule is Fc1cc(OCCN2CCCC2)cc(-c2cncc3[nH]c(-c4n[nH]c5ccc(-c6cncc(CNCc7ccccc7)c6)nc45)nc23)c1. The fourth-order valence-electron chi connectivity index (χ4n) is 6.25. The van der Waals surface area contributed by atoms with Crippen molar-refractivity contribution in [2.24, 2.45) is 0 Å². The van der Waals surface area contributed by atoms with Gasteiger partial charge in [-0.05, 0) is 73.0 Å². The van der Waals surface area contributed by atoms with Crippen LogP contribution in [-0.2, 0) is 13.1 Å². The van der Waals surface area contributed by atoms with Gasteiger partial charge in [0.1, 0.15) is 23.7 Å². The van der Waals surface area contributed by atoms with Gasteiger partial charge in [-0.3, -0.25) is 20.0 Å². The molecule has 6 heterocycles. The van der Waals surface area contributed by atoms with Gasteiger partial charge in [-0.25, -0.2) is 14.4 Å². The van der Waals surface area contributed by atoms with Gasteiger partial charge in [-0.1, -0.05) is 30.3 Å². The number of likely N-dealkylation sites (tertiary alicyclic amines) is 1. The molecular formula is C37H34FN9O. The third kappa shape index (κ3) is 6.38. The van der Waals surface area contributed by atoms with Gasteiger partial charge in [0.25, 0.3) is 0 Å². The topological polar surface area (TPSA) is 121 Å². The maximum atomic E-state index is 14.8. The molecule has 0 unspecified atom stereocenters. The molecule has 0 atom stereocenters. The number of hydrogen-bond donors (Lipinski definition) is 3. The maximum Gasteiger partial charge on any atom is 0.161 e. The first-order valence-corrected chi connectivity index (χ1v) is 16.2. The molecule has 48 heavy (non-hydrogen) atoms. The lowest BCUT2D eigenvalue weighted by molar-refractivity contribution is 0.237. The zero-order valence-corrected chi connectivity index (χ0v) is 26.3. The number of rotatable bonds is 11. The minimum atomic E-state index is -0.378. The Kier molecular flexibility index (Phi) is 8.27. The van der Waals surface area contributed by atoms with Gasteiger partial charge in [-0.2, -0.15) is 5.10 Å². The van der Waals surface area contributed by atoms with Crippen LogP contribution in [0, 0.1) is 5.82 Å². The summed E-state index contributed by atoms with van der Waals surface area (Å²) in [4.78, 5) is 24.5. The van der Waals surface area contributed by atoms with E-state index in [1.165, 1.54) is 30.5 Å². The van der Waals surface area contributed by atoms with Crippen molar-refractivity contribution in [3.05, 3.63) is 108 Å². The van der Waals surface area contributed by atoms with Crippen molar-refractivity contribution >= 4 is 22.1 Å². The zero-order chi connectivity index (χ0) is 32.3. The highest BCUT2D eigenvalue weighted by atomic mass is 19.1. The molecular weight excluding hydrogens is 605 g/mol. The van der Waals surface area contributed by atoms with Gasteiger partial charge in [0.15, 0.2) is 11.5 Å². The van der Waals surface area contributed by atoms with E-state index in [0.717, 1.165) is 48.5 Å². The van der Waals surface area contributed by atoms with Gasteiger partial charge in [0.05, 0.1) is 28.4 Å². The Morgan fingerprint density at radius 2 is 1.65 bits per heavy atom. The Balaban J connectivity index is 1.05. The summed E-state index contributed by atoms with van der Waals surface area (Å²) in [5.41, 5.74) is 8.69. The molecule has 1 fully saturated rings. The van der Waals surface area contributed by atoms with Crippen LogP contribution in [0.3, 0.4) is 0 Å². The van der Waals surface area contributed by atoms with Crippen molar-refractivity contribution < 1.29 is 9.13 Å². The van der Waals surface area contributed by atoms with Gasteiger partial charge in [0.2, 0.25) is 0 Å². The van der Waals surface area contributed by atoms with E-state index in [-0.39, 0.29) is 5.82 Å². The number of benzene rings is 2. The average molecular weight is 640 g/mol. The molecule has 11 heteroatoms. The molecule has 0 radical (unpaired) electrons. The second-order valence-corrected chi connectivity index (χ2v) is 12.1. The van der Waals surface area contributed by atoms with Crippen LogP contribution in [0.4, 0.5) is 4.39 Å². The van der Waals surface area contributed by atoms with Crippen LogP contribution in [0.5, 0.6) is 5.75 Å². The van der Waals surface area contributed by atoms with Crippen LogP contribution in [0.15, 0.2) is 91.5 Å². The number of hydrogen-bond acceptors (Lipinski definition) is 8. The maximum absolute atomic E-state index is 14.8. The minimum Gasteiger partial charge on any atom is -0.492 e. The largest absolute Gasteiger partial charge is 0.492 e. The van der Waals surface area contributed by atoms with Crippen LogP contribution in [0.2, 0.25) is 0 Å².